The van der Waals surface area contributed by atoms with E-state index in [0.717, 1.165) is 16.6 Å². The van der Waals surface area contributed by atoms with Gasteiger partial charge in [-0.1, -0.05) is 0 Å². The van der Waals surface area contributed by atoms with Crippen molar-refractivity contribution < 1.29 is 4.79 Å². The van der Waals surface area contributed by atoms with Gasteiger partial charge in [0.25, 0.3) is 0 Å². The number of nitrogens with one attached hydrogen (secondary N) is 1. The van der Waals surface area contributed by atoms with Crippen molar-refractivity contribution in [3.8, 4) is 17.2 Å². The summed E-state index contributed by atoms with van der Waals surface area (Å²) in [6, 6.07) is 3.84. The van der Waals surface area contributed by atoms with Gasteiger partial charge in [-0.25, -0.2) is 14.8 Å². The van der Waals surface area contributed by atoms with Gasteiger partial charge in [0.15, 0.2) is 5.65 Å². The summed E-state index contributed by atoms with van der Waals surface area (Å²) in [5.41, 5.74) is 3.10. The zero-order valence-corrected chi connectivity index (χ0v) is 12.2. The highest BCUT2D eigenvalue weighted by molar-refractivity contribution is 5.89. The zero-order chi connectivity index (χ0) is 15.8. The Morgan fingerprint density at radius 2 is 2.35 bits per heavy atom. The number of nitriles is 1. The van der Waals surface area contributed by atoms with E-state index in [4.69, 9.17) is 5.26 Å². The predicted octanol–water partition coefficient (Wildman–Crippen LogP) is 1.63. The molecule has 1 aliphatic heterocycles. The first kappa shape index (κ1) is 13.5. The molecule has 0 aliphatic carbocycles. The van der Waals surface area contributed by atoms with E-state index in [1.165, 1.54) is 4.68 Å². The second kappa shape index (κ2) is 5.21. The third kappa shape index (κ3) is 2.23. The Bertz CT molecular complexity index is 919. The molecule has 0 radical (unpaired) electrons. The minimum atomic E-state index is -0.207. The summed E-state index contributed by atoms with van der Waals surface area (Å²) in [4.78, 5) is 25.5. The summed E-state index contributed by atoms with van der Waals surface area (Å²) >= 11 is 0. The third-order valence-electron chi connectivity index (χ3n) is 4.05. The number of imidazole rings is 1. The van der Waals surface area contributed by atoms with Gasteiger partial charge in [-0.05, 0) is 12.5 Å². The number of fused-ring (bicyclic) bond motifs is 1. The number of aromatic amines is 1. The molecule has 1 aliphatic rings. The Morgan fingerprint density at radius 3 is 3.17 bits per heavy atom. The Hall–Kier alpha value is -3.21. The van der Waals surface area contributed by atoms with Crippen molar-refractivity contribution in [1.82, 2.24) is 29.6 Å². The molecule has 1 saturated heterocycles. The monoisotopic (exact) mass is 307 g/mol. The summed E-state index contributed by atoms with van der Waals surface area (Å²) in [6.07, 6.45) is 7.31. The fourth-order valence-electron chi connectivity index (χ4n) is 2.83. The summed E-state index contributed by atoms with van der Waals surface area (Å²) in [6.45, 7) is 1.05. The molecular formula is C15H13N7O. The molecule has 0 saturated carbocycles. The normalized spacial score (nSPS) is 17.5. The topological polar surface area (TPSA) is 103 Å². The number of carbonyl (C=O) groups excluding carboxylic acids is 1. The molecule has 23 heavy (non-hydrogen) atoms. The van der Waals surface area contributed by atoms with Gasteiger partial charge >= 0.3 is 6.03 Å². The molecular weight excluding hydrogens is 294 g/mol. The lowest BCUT2D eigenvalue weighted by atomic mass is 10.1. The lowest BCUT2D eigenvalue weighted by molar-refractivity contribution is 0.206. The van der Waals surface area contributed by atoms with Gasteiger partial charge < -0.3 is 9.88 Å². The second-order valence-corrected chi connectivity index (χ2v) is 5.48. The highest BCUT2D eigenvalue weighted by Crippen LogP contribution is 2.25. The quantitative estimate of drug-likeness (QED) is 0.736. The second-order valence-electron chi connectivity index (χ2n) is 5.48. The molecule has 0 aromatic carbocycles. The zero-order valence-electron chi connectivity index (χ0n) is 12.2. The standard InChI is InChI=1S/C15H13N7O/c16-5-10-2-4-21(7-10)15(23)22-8-11(6-20-22)12-1-3-17-14-13(12)18-9-19-14/h1,3,6,8-10H,2,4,7H2,(H,17,18,19). The number of carbonyl (C=O) groups is 1. The van der Waals surface area contributed by atoms with Crippen LogP contribution in [0.2, 0.25) is 0 Å². The fourth-order valence-corrected chi connectivity index (χ4v) is 2.83. The number of rotatable bonds is 1. The van der Waals surface area contributed by atoms with Crippen molar-refractivity contribution in [2.75, 3.05) is 13.1 Å². The first-order chi connectivity index (χ1) is 11.3. The minimum absolute atomic E-state index is 0.0853. The molecule has 0 bridgehead atoms. The molecule has 4 heterocycles. The molecule has 8 nitrogen and oxygen atoms in total. The van der Waals surface area contributed by atoms with Crippen LogP contribution in [0.1, 0.15) is 6.42 Å². The Morgan fingerprint density at radius 1 is 1.43 bits per heavy atom. The van der Waals surface area contributed by atoms with Crippen LogP contribution in [0, 0.1) is 17.2 Å². The van der Waals surface area contributed by atoms with E-state index in [9.17, 15) is 4.79 Å². The molecule has 1 atom stereocenters. The number of H-pyrrole nitrogens is 1. The van der Waals surface area contributed by atoms with Crippen LogP contribution in [0.15, 0.2) is 31.0 Å². The van der Waals surface area contributed by atoms with Crippen molar-refractivity contribution in [3.63, 3.8) is 0 Å². The molecule has 0 spiro atoms. The molecule has 3 aromatic heterocycles. The predicted molar refractivity (Wildman–Crippen MR) is 81.2 cm³/mol. The van der Waals surface area contributed by atoms with Crippen LogP contribution in [0.25, 0.3) is 22.3 Å². The maximum absolute atomic E-state index is 12.4. The average Bonchev–Trinajstić information content (AvgIpc) is 3.32. The van der Waals surface area contributed by atoms with Gasteiger partial charge in [-0.3, -0.25) is 0 Å². The van der Waals surface area contributed by atoms with Crippen LogP contribution in [-0.2, 0) is 0 Å². The molecule has 114 valence electrons. The van der Waals surface area contributed by atoms with Gasteiger partial charge in [0.05, 0.1) is 24.5 Å². The molecule has 1 fully saturated rings. The third-order valence-corrected chi connectivity index (χ3v) is 4.05. The van der Waals surface area contributed by atoms with E-state index in [2.05, 4.69) is 26.1 Å². The van der Waals surface area contributed by atoms with E-state index in [1.807, 2.05) is 6.07 Å². The molecule has 1 unspecified atom stereocenters. The first-order valence-electron chi connectivity index (χ1n) is 7.28. The van der Waals surface area contributed by atoms with Crippen molar-refractivity contribution in [1.29, 1.82) is 5.26 Å². The number of hydrogen-bond donors (Lipinski definition) is 1. The van der Waals surface area contributed by atoms with Crippen LogP contribution >= 0.6 is 0 Å². The lowest BCUT2D eigenvalue weighted by Crippen LogP contribution is -2.32. The van der Waals surface area contributed by atoms with Crippen LogP contribution < -0.4 is 0 Å². The SMILES string of the molecule is N#CC1CCN(C(=O)n2cc(-c3ccnc4[nH]cnc34)cn2)C1. The number of aromatic nitrogens is 5. The van der Waals surface area contributed by atoms with E-state index in [1.54, 1.807) is 29.8 Å². The first-order valence-corrected chi connectivity index (χ1v) is 7.28. The lowest BCUT2D eigenvalue weighted by Gasteiger charge is -2.14. The van der Waals surface area contributed by atoms with Crippen LogP contribution in [0.4, 0.5) is 4.79 Å². The van der Waals surface area contributed by atoms with E-state index in [0.29, 0.717) is 25.2 Å². The Labute approximate surface area is 131 Å². The van der Waals surface area contributed by atoms with Crippen molar-refractivity contribution >= 4 is 17.2 Å². The average molecular weight is 307 g/mol. The largest absolute Gasteiger partial charge is 0.344 e. The van der Waals surface area contributed by atoms with Crippen LogP contribution in [0.5, 0.6) is 0 Å². The van der Waals surface area contributed by atoms with Gasteiger partial charge in [0, 0.05) is 36.6 Å². The maximum Gasteiger partial charge on any atom is 0.344 e. The molecule has 4 rings (SSSR count). The number of nitrogens with zero attached hydrogens (tertiary/aromatic N) is 6. The molecule has 8 heteroatoms. The van der Waals surface area contributed by atoms with Crippen molar-refractivity contribution in [2.24, 2.45) is 5.92 Å². The summed E-state index contributed by atoms with van der Waals surface area (Å²) in [7, 11) is 0. The van der Waals surface area contributed by atoms with E-state index < -0.39 is 0 Å². The van der Waals surface area contributed by atoms with Gasteiger partial charge in [0.2, 0.25) is 0 Å². The van der Waals surface area contributed by atoms with Gasteiger partial charge in [-0.2, -0.15) is 15.0 Å². The highest BCUT2D eigenvalue weighted by atomic mass is 16.2. The van der Waals surface area contributed by atoms with Crippen LogP contribution in [-0.4, -0.2) is 48.8 Å². The number of pyridine rings is 1. The van der Waals surface area contributed by atoms with E-state index >= 15 is 0 Å². The molecule has 1 N–H and O–H groups in total. The van der Waals surface area contributed by atoms with Gasteiger partial charge in [-0.15, -0.1) is 0 Å². The summed E-state index contributed by atoms with van der Waals surface area (Å²) in [5.74, 6) is -0.0853. The smallest absolute Gasteiger partial charge is 0.329 e. The van der Waals surface area contributed by atoms with Crippen molar-refractivity contribution in [2.45, 2.75) is 6.42 Å². The summed E-state index contributed by atoms with van der Waals surface area (Å²) in [5, 5.41) is 13.1. The van der Waals surface area contributed by atoms with Crippen LogP contribution in [0.3, 0.4) is 0 Å². The number of likely N-dealkylation sites (tertiary alicyclic amines) is 1. The molecule has 1 amide bonds. The fraction of sp³-hybridized carbons (Fsp3) is 0.267. The maximum atomic E-state index is 12.4. The van der Waals surface area contributed by atoms with E-state index in [-0.39, 0.29) is 11.9 Å². The van der Waals surface area contributed by atoms with Gasteiger partial charge in [0.1, 0.15) is 5.52 Å². The highest BCUT2D eigenvalue weighted by Gasteiger charge is 2.27. The Balaban J connectivity index is 1.63. The minimum Gasteiger partial charge on any atom is -0.329 e. The Kier molecular flexibility index (Phi) is 3.05. The summed E-state index contributed by atoms with van der Waals surface area (Å²) < 4.78 is 1.31. The van der Waals surface area contributed by atoms with Crippen molar-refractivity contribution in [3.05, 3.63) is 31.0 Å². The number of amides is 1. The number of hydrogen-bond acceptors (Lipinski definition) is 5. The molecule has 3 aromatic rings.